The molecule has 0 bridgehead atoms. The molecule has 0 unspecified atom stereocenters. The van der Waals surface area contributed by atoms with Crippen molar-refractivity contribution in [3.05, 3.63) is 67.6 Å². The molecule has 0 saturated carbocycles. The SMILES string of the molecule is O=[N+]([O-])c1cc(OCc2cccc(Br)c2)ccc1Cl. The molecule has 0 aliphatic rings. The number of benzene rings is 2. The molecule has 0 amide bonds. The number of hydrogen-bond donors (Lipinski definition) is 0. The molecule has 0 heterocycles. The molecule has 0 aliphatic carbocycles. The zero-order valence-electron chi connectivity index (χ0n) is 9.68. The number of nitrogens with zero attached hydrogens (tertiary/aromatic N) is 1. The van der Waals surface area contributed by atoms with Crippen molar-refractivity contribution in [1.29, 1.82) is 0 Å². The van der Waals surface area contributed by atoms with Crippen molar-refractivity contribution in [3.8, 4) is 5.75 Å². The topological polar surface area (TPSA) is 52.4 Å². The van der Waals surface area contributed by atoms with Crippen LogP contribution in [0.4, 0.5) is 5.69 Å². The summed E-state index contributed by atoms with van der Waals surface area (Å²) in [6, 6.07) is 12.0. The molecule has 0 spiro atoms. The van der Waals surface area contributed by atoms with Gasteiger partial charge in [0.2, 0.25) is 0 Å². The van der Waals surface area contributed by atoms with Gasteiger partial charge in [-0.15, -0.1) is 0 Å². The molecule has 19 heavy (non-hydrogen) atoms. The Hall–Kier alpha value is -1.59. The standard InChI is InChI=1S/C13H9BrClNO3/c14-10-3-1-2-9(6-10)8-19-11-4-5-12(15)13(7-11)16(17)18/h1-7H,8H2. The maximum Gasteiger partial charge on any atom is 0.291 e. The van der Waals surface area contributed by atoms with Gasteiger partial charge in [0.1, 0.15) is 17.4 Å². The highest BCUT2D eigenvalue weighted by molar-refractivity contribution is 9.10. The molecular weight excluding hydrogens is 334 g/mol. The lowest BCUT2D eigenvalue weighted by atomic mass is 10.2. The van der Waals surface area contributed by atoms with E-state index in [9.17, 15) is 10.1 Å². The smallest absolute Gasteiger partial charge is 0.291 e. The number of hydrogen-bond acceptors (Lipinski definition) is 3. The van der Waals surface area contributed by atoms with Crippen molar-refractivity contribution in [2.24, 2.45) is 0 Å². The number of halogens is 2. The Morgan fingerprint density at radius 1 is 1.26 bits per heavy atom. The second-order valence-corrected chi connectivity index (χ2v) is 5.11. The van der Waals surface area contributed by atoms with Crippen LogP contribution >= 0.6 is 27.5 Å². The summed E-state index contributed by atoms with van der Waals surface area (Å²) < 4.78 is 6.46. The summed E-state index contributed by atoms with van der Waals surface area (Å²) in [5, 5.41) is 10.8. The third-order valence-electron chi connectivity index (χ3n) is 2.41. The van der Waals surface area contributed by atoms with Crippen molar-refractivity contribution in [3.63, 3.8) is 0 Å². The van der Waals surface area contributed by atoms with Gasteiger partial charge in [-0.05, 0) is 29.8 Å². The van der Waals surface area contributed by atoms with Gasteiger partial charge < -0.3 is 4.74 Å². The van der Waals surface area contributed by atoms with E-state index in [4.69, 9.17) is 16.3 Å². The summed E-state index contributed by atoms with van der Waals surface area (Å²) >= 11 is 9.09. The highest BCUT2D eigenvalue weighted by Crippen LogP contribution is 2.29. The molecule has 0 fully saturated rings. The van der Waals surface area contributed by atoms with Gasteiger partial charge in [-0.25, -0.2) is 0 Å². The van der Waals surface area contributed by atoms with E-state index in [2.05, 4.69) is 15.9 Å². The van der Waals surface area contributed by atoms with Crippen LogP contribution in [0.25, 0.3) is 0 Å². The molecule has 2 aromatic carbocycles. The first-order chi connectivity index (χ1) is 9.06. The zero-order valence-corrected chi connectivity index (χ0v) is 12.0. The van der Waals surface area contributed by atoms with Crippen molar-refractivity contribution in [2.45, 2.75) is 6.61 Å². The second kappa shape index (κ2) is 6.04. The fourth-order valence-corrected chi connectivity index (χ4v) is 2.15. The zero-order chi connectivity index (χ0) is 13.8. The summed E-state index contributed by atoms with van der Waals surface area (Å²) in [6.45, 7) is 0.332. The van der Waals surface area contributed by atoms with Crippen LogP contribution in [0.5, 0.6) is 5.75 Å². The van der Waals surface area contributed by atoms with Gasteiger partial charge in [-0.3, -0.25) is 10.1 Å². The highest BCUT2D eigenvalue weighted by atomic mass is 79.9. The first-order valence-electron chi connectivity index (χ1n) is 5.37. The molecule has 0 radical (unpaired) electrons. The van der Waals surface area contributed by atoms with Crippen molar-refractivity contribution in [2.75, 3.05) is 0 Å². The van der Waals surface area contributed by atoms with Crippen molar-refractivity contribution < 1.29 is 9.66 Å². The van der Waals surface area contributed by atoms with Gasteiger partial charge in [0, 0.05) is 4.47 Å². The minimum Gasteiger partial charge on any atom is -0.489 e. The lowest BCUT2D eigenvalue weighted by Crippen LogP contribution is -1.96. The Bertz CT molecular complexity index is 619. The number of nitro groups is 1. The number of nitro benzene ring substituents is 1. The molecule has 6 heteroatoms. The van der Waals surface area contributed by atoms with Gasteiger partial charge >= 0.3 is 0 Å². The van der Waals surface area contributed by atoms with E-state index in [0.717, 1.165) is 10.0 Å². The molecule has 2 rings (SSSR count). The van der Waals surface area contributed by atoms with E-state index >= 15 is 0 Å². The molecule has 0 saturated heterocycles. The summed E-state index contributed by atoms with van der Waals surface area (Å²) in [5.41, 5.74) is 0.806. The quantitative estimate of drug-likeness (QED) is 0.603. The van der Waals surface area contributed by atoms with Gasteiger partial charge in [-0.1, -0.05) is 39.7 Å². The third-order valence-corrected chi connectivity index (χ3v) is 3.22. The van der Waals surface area contributed by atoms with E-state index in [1.54, 1.807) is 6.07 Å². The van der Waals surface area contributed by atoms with Gasteiger partial charge in [-0.2, -0.15) is 0 Å². The average Bonchev–Trinajstić information content (AvgIpc) is 2.37. The Labute approximate surface area is 123 Å². The molecule has 0 atom stereocenters. The molecule has 0 aromatic heterocycles. The van der Waals surface area contributed by atoms with E-state index in [-0.39, 0.29) is 10.7 Å². The van der Waals surface area contributed by atoms with Crippen molar-refractivity contribution in [1.82, 2.24) is 0 Å². The van der Waals surface area contributed by atoms with Crippen LogP contribution in [0.3, 0.4) is 0 Å². The summed E-state index contributed by atoms with van der Waals surface area (Å²) in [5.74, 6) is 0.413. The third kappa shape index (κ3) is 3.68. The summed E-state index contributed by atoms with van der Waals surface area (Å²) in [4.78, 5) is 10.2. The van der Waals surface area contributed by atoms with Gasteiger partial charge in [0.25, 0.3) is 5.69 Å². The van der Waals surface area contributed by atoms with E-state index in [1.807, 2.05) is 24.3 Å². The molecule has 0 N–H and O–H groups in total. The molecule has 4 nitrogen and oxygen atoms in total. The monoisotopic (exact) mass is 341 g/mol. The first kappa shape index (κ1) is 13.8. The Morgan fingerprint density at radius 3 is 2.74 bits per heavy atom. The summed E-state index contributed by atoms with van der Waals surface area (Å²) in [7, 11) is 0. The predicted molar refractivity (Wildman–Crippen MR) is 76.6 cm³/mol. The largest absolute Gasteiger partial charge is 0.489 e. The van der Waals surface area contributed by atoms with Gasteiger partial charge in [0.15, 0.2) is 0 Å². The number of rotatable bonds is 4. The Morgan fingerprint density at radius 2 is 2.05 bits per heavy atom. The fraction of sp³-hybridized carbons (Fsp3) is 0.0769. The average molecular weight is 343 g/mol. The van der Waals surface area contributed by atoms with Crippen LogP contribution in [-0.4, -0.2) is 4.92 Å². The predicted octanol–water partition coefficient (Wildman–Crippen LogP) is 4.59. The van der Waals surface area contributed by atoms with E-state index in [1.165, 1.54) is 12.1 Å². The van der Waals surface area contributed by atoms with Crippen LogP contribution in [0, 0.1) is 10.1 Å². The Balaban J connectivity index is 2.12. The second-order valence-electron chi connectivity index (χ2n) is 3.79. The first-order valence-corrected chi connectivity index (χ1v) is 6.54. The molecular formula is C13H9BrClNO3. The number of ether oxygens (including phenoxy) is 1. The minimum absolute atomic E-state index is 0.0970. The van der Waals surface area contributed by atoms with Crippen LogP contribution in [-0.2, 0) is 6.61 Å². The van der Waals surface area contributed by atoms with Crippen molar-refractivity contribution >= 4 is 33.2 Å². The molecule has 0 aliphatic heterocycles. The summed E-state index contributed by atoms with van der Waals surface area (Å²) in [6.07, 6.45) is 0. The maximum absolute atomic E-state index is 10.8. The molecule has 98 valence electrons. The van der Waals surface area contributed by atoms with Gasteiger partial charge in [0.05, 0.1) is 11.0 Å². The fourth-order valence-electron chi connectivity index (χ4n) is 1.52. The van der Waals surface area contributed by atoms with Crippen LogP contribution in [0.1, 0.15) is 5.56 Å². The van der Waals surface area contributed by atoms with Crippen LogP contribution in [0.2, 0.25) is 5.02 Å². The lowest BCUT2D eigenvalue weighted by molar-refractivity contribution is -0.384. The Kier molecular flexibility index (Phi) is 4.39. The highest BCUT2D eigenvalue weighted by Gasteiger charge is 2.13. The van der Waals surface area contributed by atoms with Crippen LogP contribution in [0.15, 0.2) is 46.9 Å². The minimum atomic E-state index is -0.533. The lowest BCUT2D eigenvalue weighted by Gasteiger charge is -2.07. The van der Waals surface area contributed by atoms with E-state index < -0.39 is 4.92 Å². The normalized spacial score (nSPS) is 10.2. The van der Waals surface area contributed by atoms with E-state index in [0.29, 0.717) is 12.4 Å². The maximum atomic E-state index is 10.8. The molecule has 2 aromatic rings. The van der Waals surface area contributed by atoms with Crippen LogP contribution < -0.4 is 4.74 Å².